The van der Waals surface area contributed by atoms with Crippen LogP contribution in [0.3, 0.4) is 0 Å². The van der Waals surface area contributed by atoms with Crippen LogP contribution >= 0.6 is 0 Å². The maximum atomic E-state index is 12.2. The Labute approximate surface area is 94.2 Å². The molecule has 0 heterocycles. The van der Waals surface area contributed by atoms with Gasteiger partial charge in [-0.05, 0) is 18.6 Å². The third-order valence-corrected chi connectivity index (χ3v) is 8.65. The average molecular weight is 276 g/mol. The van der Waals surface area contributed by atoms with Gasteiger partial charge in [0.15, 0.2) is 0 Å². The van der Waals surface area contributed by atoms with Crippen molar-refractivity contribution in [2.45, 2.75) is 49.8 Å². The lowest BCUT2D eigenvalue weighted by atomic mass is 10.4. The number of rotatable bonds is 3. The van der Waals surface area contributed by atoms with E-state index in [1.165, 1.54) is 13.1 Å². The minimum atomic E-state index is -5.43. The van der Waals surface area contributed by atoms with Gasteiger partial charge in [-0.1, -0.05) is 25.7 Å². The molecule has 0 atom stereocenters. The molecule has 1 saturated carbocycles. The average Bonchev–Trinajstić information content (AvgIpc) is 2.50. The van der Waals surface area contributed by atoms with Crippen molar-refractivity contribution in [1.82, 2.24) is 0 Å². The van der Waals surface area contributed by atoms with Crippen molar-refractivity contribution in [2.24, 2.45) is 0 Å². The van der Waals surface area contributed by atoms with E-state index in [0.29, 0.717) is 0 Å². The van der Waals surface area contributed by atoms with Crippen molar-refractivity contribution in [3.63, 3.8) is 0 Å². The second-order valence-corrected chi connectivity index (χ2v) is 10.6. The summed E-state index contributed by atoms with van der Waals surface area (Å²) in [6, 6.07) is 0. The van der Waals surface area contributed by atoms with E-state index in [2.05, 4.69) is 3.87 Å². The van der Waals surface area contributed by atoms with Crippen molar-refractivity contribution in [2.75, 3.05) is 0 Å². The van der Waals surface area contributed by atoms with Crippen molar-refractivity contribution in [1.29, 1.82) is 0 Å². The molecule has 1 fully saturated rings. The number of hydrogen-bond acceptors (Lipinski definition) is 3. The van der Waals surface area contributed by atoms with Crippen LogP contribution in [0.2, 0.25) is 18.6 Å². The molecule has 1 aliphatic rings. The molecule has 16 heavy (non-hydrogen) atoms. The lowest BCUT2D eigenvalue weighted by molar-refractivity contribution is -0.0504. The number of hydrogen-bond donors (Lipinski definition) is 0. The minimum Gasteiger partial charge on any atom is -0.308 e. The Balaban J connectivity index is 2.80. The molecule has 0 aromatic heterocycles. The Morgan fingerprint density at radius 1 is 1.19 bits per heavy atom. The van der Waals surface area contributed by atoms with Crippen molar-refractivity contribution in [3.05, 3.63) is 0 Å². The van der Waals surface area contributed by atoms with Crippen LogP contribution in [0.25, 0.3) is 0 Å². The summed E-state index contributed by atoms with van der Waals surface area (Å²) >= 11 is 0. The van der Waals surface area contributed by atoms with E-state index >= 15 is 0 Å². The summed E-state index contributed by atoms with van der Waals surface area (Å²) < 4.78 is 62.8. The highest BCUT2D eigenvalue weighted by atomic mass is 32.2. The number of halogens is 3. The SMILES string of the molecule is C[Si](C)(OS(=O)(=O)C(F)(F)F)C1CCCC1. The second-order valence-electron chi connectivity index (χ2n) is 4.57. The Morgan fingerprint density at radius 2 is 1.62 bits per heavy atom. The van der Waals surface area contributed by atoms with Gasteiger partial charge in [0, 0.05) is 0 Å². The monoisotopic (exact) mass is 276 g/mol. The van der Waals surface area contributed by atoms with Gasteiger partial charge in [0.05, 0.1) is 0 Å². The molecule has 1 aliphatic carbocycles. The fraction of sp³-hybridized carbons (Fsp3) is 1.00. The van der Waals surface area contributed by atoms with Gasteiger partial charge in [0.2, 0.25) is 8.32 Å². The van der Waals surface area contributed by atoms with Gasteiger partial charge in [-0.25, -0.2) is 0 Å². The van der Waals surface area contributed by atoms with Crippen LogP contribution in [0.15, 0.2) is 0 Å². The Bertz CT molecular complexity index is 344. The van der Waals surface area contributed by atoms with Crippen LogP contribution in [0.5, 0.6) is 0 Å². The smallest absolute Gasteiger partial charge is 0.308 e. The maximum absolute atomic E-state index is 12.2. The molecule has 3 nitrogen and oxygen atoms in total. The Morgan fingerprint density at radius 3 is 2.00 bits per heavy atom. The van der Waals surface area contributed by atoms with E-state index in [-0.39, 0.29) is 5.54 Å². The van der Waals surface area contributed by atoms with Gasteiger partial charge in [-0.2, -0.15) is 21.6 Å². The summed E-state index contributed by atoms with van der Waals surface area (Å²) in [4.78, 5) is 0. The lowest BCUT2D eigenvalue weighted by Gasteiger charge is -2.28. The van der Waals surface area contributed by atoms with E-state index in [1.807, 2.05) is 0 Å². The summed E-state index contributed by atoms with van der Waals surface area (Å²) in [7, 11) is -8.25. The standard InChI is InChI=1S/C8H15F3O3SSi/c1-16(2,7-5-3-4-6-7)14-15(12,13)8(9,10)11/h7H,3-6H2,1-2H3. The van der Waals surface area contributed by atoms with Crippen molar-refractivity contribution in [3.8, 4) is 0 Å². The van der Waals surface area contributed by atoms with Crippen LogP contribution in [-0.4, -0.2) is 22.2 Å². The first kappa shape index (κ1) is 14.0. The fourth-order valence-electron chi connectivity index (χ4n) is 2.02. The van der Waals surface area contributed by atoms with Gasteiger partial charge in [0.1, 0.15) is 0 Å². The van der Waals surface area contributed by atoms with E-state index in [9.17, 15) is 21.6 Å². The summed E-state index contributed by atoms with van der Waals surface area (Å²) in [5, 5.41) is 0. The first-order chi connectivity index (χ1) is 7.06. The molecule has 0 aliphatic heterocycles. The normalized spacial score (nSPS) is 20.3. The van der Waals surface area contributed by atoms with Crippen molar-refractivity contribution >= 4 is 18.4 Å². The molecule has 0 aromatic rings. The summed E-state index contributed by atoms with van der Waals surface area (Å²) in [5.74, 6) is 0. The van der Waals surface area contributed by atoms with Gasteiger partial charge in [-0.3, -0.25) is 0 Å². The quantitative estimate of drug-likeness (QED) is 0.588. The molecule has 8 heteroatoms. The highest BCUT2D eigenvalue weighted by molar-refractivity contribution is 7.88. The van der Waals surface area contributed by atoms with Crippen LogP contribution in [0, 0.1) is 0 Å². The van der Waals surface area contributed by atoms with Gasteiger partial charge in [-0.15, -0.1) is 0 Å². The van der Waals surface area contributed by atoms with Crippen LogP contribution in [0.1, 0.15) is 25.7 Å². The summed E-state index contributed by atoms with van der Waals surface area (Å²) in [5.41, 5.74) is -5.31. The molecule has 0 aromatic carbocycles. The molecule has 0 N–H and O–H groups in total. The van der Waals surface area contributed by atoms with Gasteiger partial charge in [0.25, 0.3) is 0 Å². The predicted molar refractivity (Wildman–Crippen MR) is 55.8 cm³/mol. The summed E-state index contributed by atoms with van der Waals surface area (Å²) in [6.45, 7) is 3.07. The maximum Gasteiger partial charge on any atom is 0.522 e. The zero-order chi connectivity index (χ0) is 12.6. The molecule has 0 radical (unpaired) electrons. The van der Waals surface area contributed by atoms with Gasteiger partial charge < -0.3 is 3.87 Å². The Kier molecular flexibility index (Phi) is 3.76. The van der Waals surface area contributed by atoms with E-state index in [4.69, 9.17) is 0 Å². The van der Waals surface area contributed by atoms with Crippen LogP contribution in [-0.2, 0) is 14.0 Å². The van der Waals surface area contributed by atoms with Crippen LogP contribution < -0.4 is 0 Å². The first-order valence-corrected chi connectivity index (χ1v) is 9.47. The molecule has 0 unspecified atom stereocenters. The fourth-order valence-corrected chi connectivity index (χ4v) is 7.00. The molecule has 96 valence electrons. The molecule has 0 bridgehead atoms. The van der Waals surface area contributed by atoms with Crippen molar-refractivity contribution < 1.29 is 25.5 Å². The zero-order valence-electron chi connectivity index (χ0n) is 9.17. The molecule has 0 spiro atoms. The van der Waals surface area contributed by atoms with E-state index in [0.717, 1.165) is 25.7 Å². The third-order valence-electron chi connectivity index (χ3n) is 2.95. The highest BCUT2D eigenvalue weighted by Gasteiger charge is 2.52. The van der Waals surface area contributed by atoms with Crippen LogP contribution in [0.4, 0.5) is 13.2 Å². The van der Waals surface area contributed by atoms with E-state index in [1.54, 1.807) is 0 Å². The predicted octanol–water partition coefficient (Wildman–Crippen LogP) is 3.00. The molecule has 1 rings (SSSR count). The zero-order valence-corrected chi connectivity index (χ0v) is 11.0. The molecular formula is C8H15F3O3SSi. The van der Waals surface area contributed by atoms with E-state index < -0.39 is 23.9 Å². The second kappa shape index (κ2) is 4.30. The minimum absolute atomic E-state index is 0.00428. The molecule has 0 amide bonds. The molecule has 0 saturated heterocycles. The lowest BCUT2D eigenvalue weighted by Crippen LogP contribution is -2.42. The highest BCUT2D eigenvalue weighted by Crippen LogP contribution is 2.41. The number of alkyl halides is 3. The van der Waals surface area contributed by atoms with Gasteiger partial charge >= 0.3 is 15.6 Å². The summed E-state index contributed by atoms with van der Waals surface area (Å²) in [6.07, 6.45) is 3.42. The first-order valence-electron chi connectivity index (χ1n) is 5.08. The largest absolute Gasteiger partial charge is 0.522 e. The molecular weight excluding hydrogens is 261 g/mol. The Hall–Kier alpha value is -0.0831. The topological polar surface area (TPSA) is 43.4 Å². The third kappa shape index (κ3) is 2.98.